The van der Waals surface area contributed by atoms with Crippen molar-refractivity contribution in [1.29, 1.82) is 0 Å². The number of hydrogen-bond donors (Lipinski definition) is 0. The van der Waals surface area contributed by atoms with Crippen molar-refractivity contribution in [2.24, 2.45) is 0 Å². The zero-order valence-electron chi connectivity index (χ0n) is 25.3. The molecule has 45 heavy (non-hydrogen) atoms. The molecule has 0 bridgehead atoms. The molecule has 0 radical (unpaired) electrons. The molecule has 0 aliphatic carbocycles. The Hall–Kier alpha value is -5.86. The molecule has 0 atom stereocenters. The Morgan fingerprint density at radius 1 is 0.244 bits per heavy atom. The Balaban J connectivity index is 1.11. The second-order valence-electron chi connectivity index (χ2n) is 11.1. The van der Waals surface area contributed by atoms with Gasteiger partial charge in [-0.1, -0.05) is 127 Å². The fourth-order valence-electron chi connectivity index (χ4n) is 5.80. The van der Waals surface area contributed by atoms with Crippen LogP contribution in [0.5, 0.6) is 0 Å². The van der Waals surface area contributed by atoms with Crippen molar-refractivity contribution in [2.45, 2.75) is 0 Å². The standard InChI is InChI=1S/C43H34N2/c1-44(39-25-17-35(18-26-39)33-11-5-2-6-12-33)40-27-19-37(20-28-40)38-23-31-43(32-24-38)45(41-15-9-4-10-16-41)42-29-21-36(22-30-42)34-13-7-3-8-14-34/h2-32H,1H3. The van der Waals surface area contributed by atoms with Crippen molar-refractivity contribution < 1.29 is 0 Å². The van der Waals surface area contributed by atoms with Gasteiger partial charge in [0.25, 0.3) is 0 Å². The minimum Gasteiger partial charge on any atom is -0.345 e. The van der Waals surface area contributed by atoms with Crippen LogP contribution in [0.15, 0.2) is 188 Å². The van der Waals surface area contributed by atoms with E-state index in [0.717, 1.165) is 28.4 Å². The van der Waals surface area contributed by atoms with Gasteiger partial charge in [0.2, 0.25) is 0 Å². The molecule has 0 aliphatic rings. The molecule has 0 unspecified atom stereocenters. The lowest BCUT2D eigenvalue weighted by Gasteiger charge is -2.26. The van der Waals surface area contributed by atoms with E-state index in [9.17, 15) is 0 Å². The van der Waals surface area contributed by atoms with Gasteiger partial charge in [0.1, 0.15) is 0 Å². The predicted octanol–water partition coefficient (Wildman–Crippen LogP) is 11.9. The molecule has 2 heteroatoms. The minimum absolute atomic E-state index is 1.12. The number of anilines is 5. The van der Waals surface area contributed by atoms with E-state index >= 15 is 0 Å². The van der Waals surface area contributed by atoms with Crippen LogP contribution < -0.4 is 9.80 Å². The van der Waals surface area contributed by atoms with Gasteiger partial charge in [-0.05, 0) is 94.0 Å². The van der Waals surface area contributed by atoms with Gasteiger partial charge in [0, 0.05) is 35.5 Å². The molecule has 0 amide bonds. The monoisotopic (exact) mass is 578 g/mol. The fourth-order valence-corrected chi connectivity index (χ4v) is 5.80. The zero-order valence-corrected chi connectivity index (χ0v) is 25.3. The van der Waals surface area contributed by atoms with Crippen molar-refractivity contribution in [3.8, 4) is 33.4 Å². The van der Waals surface area contributed by atoms with E-state index in [-0.39, 0.29) is 0 Å². The molecule has 0 spiro atoms. The quantitative estimate of drug-likeness (QED) is 0.177. The summed E-state index contributed by atoms with van der Waals surface area (Å²) in [7, 11) is 2.12. The first-order chi connectivity index (χ1) is 22.2. The number of para-hydroxylation sites is 1. The van der Waals surface area contributed by atoms with E-state index < -0.39 is 0 Å². The summed E-state index contributed by atoms with van der Waals surface area (Å²) in [6.45, 7) is 0. The maximum atomic E-state index is 2.31. The van der Waals surface area contributed by atoms with Crippen LogP contribution in [0.25, 0.3) is 33.4 Å². The van der Waals surface area contributed by atoms with Gasteiger partial charge in [0.05, 0.1) is 0 Å². The van der Waals surface area contributed by atoms with Crippen LogP contribution in [0.3, 0.4) is 0 Å². The van der Waals surface area contributed by atoms with Crippen LogP contribution in [0, 0.1) is 0 Å². The summed E-state index contributed by atoms with van der Waals surface area (Å²) in [4.78, 5) is 4.53. The molecular formula is C43H34N2. The Kier molecular flexibility index (Phi) is 7.94. The van der Waals surface area contributed by atoms with E-state index in [1.807, 2.05) is 0 Å². The van der Waals surface area contributed by atoms with Gasteiger partial charge in [-0.15, -0.1) is 0 Å². The molecule has 0 saturated carbocycles. The molecule has 0 N–H and O–H groups in total. The Morgan fingerprint density at radius 3 is 0.822 bits per heavy atom. The average molecular weight is 579 g/mol. The maximum absolute atomic E-state index is 2.31. The van der Waals surface area contributed by atoms with E-state index in [0.29, 0.717) is 0 Å². The second kappa shape index (κ2) is 12.8. The summed E-state index contributed by atoms with van der Waals surface area (Å²) in [5, 5.41) is 0. The lowest BCUT2D eigenvalue weighted by atomic mass is 10.0. The SMILES string of the molecule is CN(c1ccc(-c2ccccc2)cc1)c1ccc(-c2ccc(N(c3ccccc3)c3ccc(-c4ccccc4)cc3)cc2)cc1. The van der Waals surface area contributed by atoms with Crippen molar-refractivity contribution in [3.05, 3.63) is 188 Å². The highest BCUT2D eigenvalue weighted by molar-refractivity contribution is 5.80. The molecule has 7 rings (SSSR count). The average Bonchev–Trinajstić information content (AvgIpc) is 3.13. The molecule has 0 saturated heterocycles. The first kappa shape index (κ1) is 27.9. The highest BCUT2D eigenvalue weighted by Gasteiger charge is 2.13. The Labute approximate surface area is 266 Å². The van der Waals surface area contributed by atoms with Gasteiger partial charge in [-0.3, -0.25) is 0 Å². The molecule has 0 fully saturated rings. The number of nitrogens with zero attached hydrogens (tertiary/aromatic N) is 2. The predicted molar refractivity (Wildman–Crippen MR) is 192 cm³/mol. The molecule has 0 aliphatic heterocycles. The number of rotatable bonds is 8. The van der Waals surface area contributed by atoms with Crippen molar-refractivity contribution in [3.63, 3.8) is 0 Å². The Bertz CT molecular complexity index is 1950. The smallest absolute Gasteiger partial charge is 0.0462 e. The van der Waals surface area contributed by atoms with Gasteiger partial charge >= 0.3 is 0 Å². The lowest BCUT2D eigenvalue weighted by molar-refractivity contribution is 1.21. The lowest BCUT2D eigenvalue weighted by Crippen LogP contribution is -2.09. The van der Waals surface area contributed by atoms with Crippen LogP contribution in [0.1, 0.15) is 0 Å². The van der Waals surface area contributed by atoms with Gasteiger partial charge in [-0.2, -0.15) is 0 Å². The topological polar surface area (TPSA) is 6.48 Å². The van der Waals surface area contributed by atoms with Crippen LogP contribution in [0.4, 0.5) is 28.4 Å². The van der Waals surface area contributed by atoms with Crippen LogP contribution in [-0.4, -0.2) is 7.05 Å². The minimum atomic E-state index is 1.12. The largest absolute Gasteiger partial charge is 0.345 e. The van der Waals surface area contributed by atoms with E-state index in [2.05, 4.69) is 205 Å². The molecule has 216 valence electrons. The third kappa shape index (κ3) is 6.13. The molecule has 2 nitrogen and oxygen atoms in total. The van der Waals surface area contributed by atoms with Crippen LogP contribution in [-0.2, 0) is 0 Å². The van der Waals surface area contributed by atoms with E-state index in [4.69, 9.17) is 0 Å². The summed E-state index contributed by atoms with van der Waals surface area (Å²) in [5.41, 5.74) is 12.9. The van der Waals surface area contributed by atoms with Gasteiger partial charge in [0.15, 0.2) is 0 Å². The van der Waals surface area contributed by atoms with Gasteiger partial charge < -0.3 is 9.80 Å². The normalized spacial score (nSPS) is 10.8. The number of hydrogen-bond acceptors (Lipinski definition) is 2. The van der Waals surface area contributed by atoms with Crippen molar-refractivity contribution in [1.82, 2.24) is 0 Å². The van der Waals surface area contributed by atoms with E-state index in [1.54, 1.807) is 0 Å². The summed E-state index contributed by atoms with van der Waals surface area (Å²) in [6, 6.07) is 66.7. The molecular weight excluding hydrogens is 544 g/mol. The van der Waals surface area contributed by atoms with Crippen molar-refractivity contribution >= 4 is 28.4 Å². The van der Waals surface area contributed by atoms with Crippen LogP contribution >= 0.6 is 0 Å². The molecule has 0 heterocycles. The number of benzene rings is 7. The molecule has 7 aromatic carbocycles. The first-order valence-corrected chi connectivity index (χ1v) is 15.3. The summed E-state index contributed by atoms with van der Waals surface area (Å²) >= 11 is 0. The van der Waals surface area contributed by atoms with Gasteiger partial charge in [-0.25, -0.2) is 0 Å². The highest BCUT2D eigenvalue weighted by Crippen LogP contribution is 2.37. The fraction of sp³-hybridized carbons (Fsp3) is 0.0233. The second-order valence-corrected chi connectivity index (χ2v) is 11.1. The molecule has 7 aromatic rings. The van der Waals surface area contributed by atoms with E-state index in [1.165, 1.54) is 33.4 Å². The summed E-state index contributed by atoms with van der Waals surface area (Å²) in [5.74, 6) is 0. The third-order valence-electron chi connectivity index (χ3n) is 8.32. The van der Waals surface area contributed by atoms with Crippen LogP contribution in [0.2, 0.25) is 0 Å². The summed E-state index contributed by atoms with van der Waals surface area (Å²) < 4.78 is 0. The first-order valence-electron chi connectivity index (χ1n) is 15.3. The maximum Gasteiger partial charge on any atom is 0.0462 e. The zero-order chi connectivity index (χ0) is 30.4. The third-order valence-corrected chi connectivity index (χ3v) is 8.32. The highest BCUT2D eigenvalue weighted by atomic mass is 15.1. The molecule has 0 aromatic heterocycles. The Morgan fingerprint density at radius 2 is 0.489 bits per heavy atom. The summed E-state index contributed by atoms with van der Waals surface area (Å²) in [6.07, 6.45) is 0. The van der Waals surface area contributed by atoms with Crippen molar-refractivity contribution in [2.75, 3.05) is 16.8 Å².